The van der Waals surface area contributed by atoms with E-state index >= 15 is 0 Å². The molecular formula is C26H26ClN3O5S. The zero-order valence-corrected chi connectivity index (χ0v) is 21.6. The van der Waals surface area contributed by atoms with Crippen molar-refractivity contribution < 1.29 is 24.6 Å². The van der Waals surface area contributed by atoms with Crippen molar-refractivity contribution >= 4 is 46.5 Å². The molecule has 1 atom stereocenters. The summed E-state index contributed by atoms with van der Waals surface area (Å²) >= 11 is 7.06. The Morgan fingerprint density at radius 1 is 1.11 bits per heavy atom. The first-order valence-corrected chi connectivity index (χ1v) is 12.4. The molecule has 0 bridgehead atoms. The second kappa shape index (κ2) is 9.93. The molecule has 0 saturated carbocycles. The second-order valence-corrected chi connectivity index (χ2v) is 11.2. The molecule has 3 N–H and O–H groups in total. The zero-order valence-electron chi connectivity index (χ0n) is 20.0. The van der Waals surface area contributed by atoms with Crippen molar-refractivity contribution in [2.45, 2.75) is 45.6 Å². The Labute approximate surface area is 217 Å². The van der Waals surface area contributed by atoms with Crippen molar-refractivity contribution in [2.24, 2.45) is 0 Å². The standard InChI is InChI=1S/C26H26ClN3O5S/c1-26(2,3)30(25(34)35)14-16-7-4-6-15(12-16)13-29-23(32)17-8-5-9-18(21(17)24(29)33)28-22(31)19-10-11-20(27)36-19/h4-12,23,32H,13-14H2,1-3H3,(H,28,31)(H,34,35). The Morgan fingerprint density at radius 3 is 2.44 bits per heavy atom. The molecule has 1 aliphatic heterocycles. The first kappa shape index (κ1) is 25.7. The molecule has 2 heterocycles. The normalized spacial score (nSPS) is 15.1. The van der Waals surface area contributed by atoms with Crippen LogP contribution in [-0.2, 0) is 13.1 Å². The number of hydrogen-bond donors (Lipinski definition) is 3. The topological polar surface area (TPSA) is 110 Å². The molecule has 0 fully saturated rings. The lowest BCUT2D eigenvalue weighted by molar-refractivity contribution is 0.0137. The molecule has 4 rings (SSSR count). The second-order valence-electron chi connectivity index (χ2n) is 9.49. The van der Waals surface area contributed by atoms with Crippen molar-refractivity contribution in [2.75, 3.05) is 5.32 Å². The fourth-order valence-corrected chi connectivity index (χ4v) is 5.06. The molecule has 1 aliphatic rings. The smallest absolute Gasteiger partial charge is 0.408 e. The lowest BCUT2D eigenvalue weighted by atomic mass is 10.0. The molecule has 1 unspecified atom stereocenters. The molecule has 8 nitrogen and oxygen atoms in total. The lowest BCUT2D eigenvalue weighted by Crippen LogP contribution is -2.44. The predicted molar refractivity (Wildman–Crippen MR) is 138 cm³/mol. The number of aliphatic hydroxyl groups excluding tert-OH is 1. The van der Waals surface area contributed by atoms with Gasteiger partial charge in [-0.2, -0.15) is 0 Å². The van der Waals surface area contributed by atoms with Gasteiger partial charge in [-0.3, -0.25) is 14.5 Å². The predicted octanol–water partition coefficient (Wildman–Crippen LogP) is 5.58. The zero-order chi connectivity index (χ0) is 26.2. The lowest BCUT2D eigenvalue weighted by Gasteiger charge is -2.33. The van der Waals surface area contributed by atoms with Gasteiger partial charge in [0.25, 0.3) is 11.8 Å². The van der Waals surface area contributed by atoms with E-state index in [0.29, 0.717) is 20.5 Å². The summed E-state index contributed by atoms with van der Waals surface area (Å²) < 4.78 is 0.479. The van der Waals surface area contributed by atoms with Crippen LogP contribution < -0.4 is 5.32 Å². The van der Waals surface area contributed by atoms with E-state index in [2.05, 4.69) is 5.32 Å². The highest BCUT2D eigenvalue weighted by Gasteiger charge is 2.38. The van der Waals surface area contributed by atoms with Gasteiger partial charge in [-0.05, 0) is 50.1 Å². The molecule has 3 amide bonds. The van der Waals surface area contributed by atoms with Crippen LogP contribution in [0.1, 0.15) is 63.7 Å². The van der Waals surface area contributed by atoms with E-state index in [9.17, 15) is 24.6 Å². The minimum Gasteiger partial charge on any atom is -0.465 e. The third-order valence-electron chi connectivity index (χ3n) is 5.92. The summed E-state index contributed by atoms with van der Waals surface area (Å²) in [5, 5.41) is 23.3. The van der Waals surface area contributed by atoms with Crippen molar-refractivity contribution in [3.63, 3.8) is 0 Å². The number of carbonyl (C=O) groups is 3. The molecule has 1 aromatic heterocycles. The SMILES string of the molecule is CC(C)(C)N(Cc1cccc(CN2C(=O)c3c(NC(=O)c4ccc(Cl)s4)cccc3C2O)c1)C(=O)O. The van der Waals surface area contributed by atoms with E-state index < -0.39 is 29.7 Å². The van der Waals surface area contributed by atoms with Gasteiger partial charge >= 0.3 is 6.09 Å². The first-order chi connectivity index (χ1) is 17.0. The average molecular weight is 528 g/mol. The van der Waals surface area contributed by atoms with Gasteiger partial charge in [0.1, 0.15) is 0 Å². The molecule has 188 valence electrons. The van der Waals surface area contributed by atoms with Gasteiger partial charge in [0.05, 0.1) is 20.5 Å². The first-order valence-electron chi connectivity index (χ1n) is 11.2. The maximum Gasteiger partial charge on any atom is 0.408 e. The highest BCUT2D eigenvalue weighted by molar-refractivity contribution is 7.18. The molecule has 3 aromatic rings. The van der Waals surface area contributed by atoms with E-state index in [1.54, 1.807) is 36.4 Å². The van der Waals surface area contributed by atoms with Gasteiger partial charge < -0.3 is 20.4 Å². The fraction of sp³-hybridized carbons (Fsp3) is 0.269. The summed E-state index contributed by atoms with van der Waals surface area (Å²) in [6.45, 7) is 5.77. The average Bonchev–Trinajstić information content (AvgIpc) is 3.35. The molecule has 0 radical (unpaired) electrons. The molecule has 0 saturated heterocycles. The Kier molecular flexibility index (Phi) is 7.08. The van der Waals surface area contributed by atoms with Crippen molar-refractivity contribution in [3.05, 3.63) is 86.1 Å². The van der Waals surface area contributed by atoms with Gasteiger partial charge in [-0.25, -0.2) is 4.79 Å². The summed E-state index contributed by atoms with van der Waals surface area (Å²) in [5.74, 6) is -0.805. The molecule has 36 heavy (non-hydrogen) atoms. The number of anilines is 1. The Morgan fingerprint density at radius 2 is 1.81 bits per heavy atom. The number of carboxylic acid groups (broad SMARTS) is 1. The number of thiophene rings is 1. The molecular weight excluding hydrogens is 502 g/mol. The highest BCUT2D eigenvalue weighted by atomic mass is 35.5. The van der Waals surface area contributed by atoms with Gasteiger partial charge in [-0.15, -0.1) is 11.3 Å². The number of benzene rings is 2. The van der Waals surface area contributed by atoms with E-state index in [1.807, 2.05) is 39.0 Å². The molecule has 0 aliphatic carbocycles. The number of halogens is 1. The third kappa shape index (κ3) is 5.23. The minimum absolute atomic E-state index is 0.110. The monoisotopic (exact) mass is 527 g/mol. The summed E-state index contributed by atoms with van der Waals surface area (Å²) in [4.78, 5) is 40.8. The number of fused-ring (bicyclic) bond motifs is 1. The van der Waals surface area contributed by atoms with Crippen LogP contribution in [0.5, 0.6) is 0 Å². The van der Waals surface area contributed by atoms with Crippen molar-refractivity contribution in [3.8, 4) is 0 Å². The molecule has 0 spiro atoms. The van der Waals surface area contributed by atoms with Crippen LogP contribution in [0.2, 0.25) is 4.34 Å². The van der Waals surface area contributed by atoms with Crippen LogP contribution in [0.15, 0.2) is 54.6 Å². The molecule has 10 heteroatoms. The summed E-state index contributed by atoms with van der Waals surface area (Å²) in [5.41, 5.74) is 1.88. The third-order valence-corrected chi connectivity index (χ3v) is 7.15. The number of aliphatic hydroxyl groups is 1. The van der Waals surface area contributed by atoms with Crippen LogP contribution >= 0.6 is 22.9 Å². The van der Waals surface area contributed by atoms with Crippen LogP contribution in [0.3, 0.4) is 0 Å². The van der Waals surface area contributed by atoms with Crippen molar-refractivity contribution in [1.29, 1.82) is 0 Å². The number of carbonyl (C=O) groups excluding carboxylic acids is 2. The van der Waals surface area contributed by atoms with Gasteiger partial charge in [0.15, 0.2) is 6.23 Å². The Bertz CT molecular complexity index is 1330. The fourth-order valence-electron chi connectivity index (χ4n) is 4.13. The number of nitrogens with zero attached hydrogens (tertiary/aromatic N) is 2. The summed E-state index contributed by atoms with van der Waals surface area (Å²) in [7, 11) is 0. The summed E-state index contributed by atoms with van der Waals surface area (Å²) in [6, 6.07) is 15.4. The van der Waals surface area contributed by atoms with Gasteiger partial charge in [0, 0.05) is 24.2 Å². The minimum atomic E-state index is -1.19. The van der Waals surface area contributed by atoms with Gasteiger partial charge in [-0.1, -0.05) is 48.0 Å². The van der Waals surface area contributed by atoms with Crippen LogP contribution in [0.25, 0.3) is 0 Å². The maximum atomic E-state index is 13.3. The summed E-state index contributed by atoms with van der Waals surface area (Å²) in [6.07, 6.45) is -2.21. The Hall–Kier alpha value is -3.40. The number of nitrogens with one attached hydrogen (secondary N) is 1. The van der Waals surface area contributed by atoms with E-state index in [0.717, 1.165) is 22.5 Å². The largest absolute Gasteiger partial charge is 0.465 e. The molecule has 2 aromatic carbocycles. The van der Waals surface area contributed by atoms with Gasteiger partial charge in [0.2, 0.25) is 0 Å². The highest BCUT2D eigenvalue weighted by Crippen LogP contribution is 2.37. The maximum absolute atomic E-state index is 13.3. The number of amides is 3. The number of hydrogen-bond acceptors (Lipinski definition) is 5. The van der Waals surface area contributed by atoms with E-state index in [1.165, 1.54) is 9.80 Å². The quantitative estimate of drug-likeness (QED) is 0.387. The van der Waals surface area contributed by atoms with E-state index in [4.69, 9.17) is 11.6 Å². The Balaban J connectivity index is 1.55. The van der Waals surface area contributed by atoms with Crippen molar-refractivity contribution in [1.82, 2.24) is 9.80 Å². The number of rotatable bonds is 6. The van der Waals surface area contributed by atoms with Crippen LogP contribution in [-0.4, -0.2) is 43.5 Å². The van der Waals surface area contributed by atoms with Crippen LogP contribution in [0.4, 0.5) is 10.5 Å². The van der Waals surface area contributed by atoms with Crippen LogP contribution in [0, 0.1) is 0 Å². The van der Waals surface area contributed by atoms with E-state index in [-0.39, 0.29) is 18.7 Å².